The summed E-state index contributed by atoms with van der Waals surface area (Å²) in [6, 6.07) is 0. The summed E-state index contributed by atoms with van der Waals surface area (Å²) < 4.78 is 11.6. The Morgan fingerprint density at radius 3 is 2.24 bits per heavy atom. The molecule has 0 saturated carbocycles. The minimum Gasteiger partial charge on any atom is -0.396 e. The van der Waals surface area contributed by atoms with Gasteiger partial charge in [0.25, 0.3) is 0 Å². The van der Waals surface area contributed by atoms with Gasteiger partial charge in [-0.3, -0.25) is 8.37 Å². The van der Waals surface area contributed by atoms with E-state index < -0.39 is 9.62 Å². The fourth-order valence-electron chi connectivity index (χ4n) is 1.08. The molecule has 17 heavy (non-hydrogen) atoms. The predicted octanol–water partition coefficient (Wildman–Crippen LogP) is 2.06. The van der Waals surface area contributed by atoms with Gasteiger partial charge >= 0.3 is 0 Å². The first-order chi connectivity index (χ1) is 8.24. The maximum atomic E-state index is 8.83. The van der Waals surface area contributed by atoms with Crippen molar-refractivity contribution in [3.05, 3.63) is 0 Å². The van der Waals surface area contributed by atoms with Crippen LogP contribution in [0.5, 0.6) is 0 Å². The Hall–Kier alpha value is 0.890. The van der Waals surface area contributed by atoms with Crippen molar-refractivity contribution in [1.82, 2.24) is 0 Å². The minimum absolute atomic E-state index is 0.0294. The number of aliphatic hydroxyl groups is 2. The molecular formula is C10H24O4S3. The summed E-state index contributed by atoms with van der Waals surface area (Å²) in [4.78, 5) is 0. The van der Waals surface area contributed by atoms with Crippen molar-refractivity contribution in [3.63, 3.8) is 0 Å². The molecule has 0 bridgehead atoms. The van der Waals surface area contributed by atoms with Crippen LogP contribution in [0.15, 0.2) is 0 Å². The van der Waals surface area contributed by atoms with E-state index in [1.165, 1.54) is 0 Å². The average molecular weight is 304 g/mol. The Morgan fingerprint density at radius 1 is 1.00 bits per heavy atom. The molecule has 4 nitrogen and oxygen atoms in total. The van der Waals surface area contributed by atoms with Crippen LogP contribution < -0.4 is 0 Å². The van der Waals surface area contributed by atoms with Gasteiger partial charge in [-0.25, -0.2) is 0 Å². The molecule has 2 N–H and O–H groups in total. The topological polar surface area (TPSA) is 58.9 Å². The molecule has 106 valence electrons. The van der Waals surface area contributed by atoms with Gasteiger partial charge in [0.15, 0.2) is 0 Å². The zero-order chi connectivity index (χ0) is 13.0. The lowest BCUT2D eigenvalue weighted by Gasteiger charge is -2.40. The van der Waals surface area contributed by atoms with E-state index in [1.54, 1.807) is 22.6 Å². The third-order valence-corrected chi connectivity index (χ3v) is 8.08. The number of hydrogen-bond acceptors (Lipinski definition) is 6. The average Bonchev–Trinajstić information content (AvgIpc) is 2.35. The quantitative estimate of drug-likeness (QED) is 0.425. The molecule has 7 heteroatoms. The highest BCUT2D eigenvalue weighted by Crippen LogP contribution is 2.61. The van der Waals surface area contributed by atoms with E-state index in [4.69, 9.17) is 18.6 Å². The van der Waals surface area contributed by atoms with Crippen LogP contribution in [0.25, 0.3) is 0 Å². The molecule has 0 rings (SSSR count). The molecule has 0 saturated heterocycles. The lowest BCUT2D eigenvalue weighted by atomic mass is 10.8. The van der Waals surface area contributed by atoms with Crippen molar-refractivity contribution in [1.29, 1.82) is 0 Å². The van der Waals surface area contributed by atoms with Gasteiger partial charge in [-0.05, 0) is 17.7 Å². The number of thioether (sulfide) groups is 1. The summed E-state index contributed by atoms with van der Waals surface area (Å²) in [6.07, 6.45) is 0. The van der Waals surface area contributed by atoms with E-state index in [-0.39, 0.29) is 13.2 Å². The largest absolute Gasteiger partial charge is 0.396 e. The molecular weight excluding hydrogens is 280 g/mol. The first kappa shape index (κ1) is 17.9. The normalized spacial score (nSPS) is 16.7. The Bertz CT molecular complexity index is 174. The monoisotopic (exact) mass is 304 g/mol. The molecule has 0 aromatic heterocycles. The molecule has 0 heterocycles. The Kier molecular flexibility index (Phi) is 12.6. The summed E-state index contributed by atoms with van der Waals surface area (Å²) >= 11 is 1.67. The molecule has 0 aliphatic rings. The summed E-state index contributed by atoms with van der Waals surface area (Å²) in [5.41, 5.74) is 0. The van der Waals surface area contributed by atoms with Crippen LogP contribution in [-0.2, 0) is 8.37 Å². The van der Waals surface area contributed by atoms with Crippen LogP contribution >= 0.6 is 32.2 Å². The lowest BCUT2D eigenvalue weighted by Crippen LogP contribution is -2.13. The smallest absolute Gasteiger partial charge is 0.0955 e. The minimum atomic E-state index is -1.55. The van der Waals surface area contributed by atoms with E-state index in [1.807, 2.05) is 0 Å². The van der Waals surface area contributed by atoms with Crippen molar-refractivity contribution >= 4 is 32.2 Å². The van der Waals surface area contributed by atoms with Crippen molar-refractivity contribution in [2.75, 3.05) is 49.4 Å². The van der Waals surface area contributed by atoms with Crippen LogP contribution in [0.1, 0.15) is 13.8 Å². The fraction of sp³-hybridized carbons (Fsp3) is 1.00. The second kappa shape index (κ2) is 12.0. The molecule has 0 aliphatic heterocycles. The van der Waals surface area contributed by atoms with Crippen molar-refractivity contribution in [2.24, 2.45) is 0 Å². The maximum absolute atomic E-state index is 8.83. The maximum Gasteiger partial charge on any atom is 0.0955 e. The van der Waals surface area contributed by atoms with Crippen molar-refractivity contribution < 1.29 is 18.6 Å². The van der Waals surface area contributed by atoms with Gasteiger partial charge in [-0.1, -0.05) is 6.92 Å². The predicted molar refractivity (Wildman–Crippen MR) is 79.7 cm³/mol. The molecule has 0 aliphatic carbocycles. The van der Waals surface area contributed by atoms with Gasteiger partial charge in [0, 0.05) is 23.0 Å². The molecule has 0 aromatic carbocycles. The molecule has 0 aromatic rings. The Labute approximate surface area is 114 Å². The van der Waals surface area contributed by atoms with Crippen LogP contribution in [0, 0.1) is 0 Å². The van der Waals surface area contributed by atoms with Crippen LogP contribution in [0.3, 0.4) is 0 Å². The summed E-state index contributed by atoms with van der Waals surface area (Å²) in [5.74, 6) is 3.38. The van der Waals surface area contributed by atoms with E-state index in [0.29, 0.717) is 13.2 Å². The zero-order valence-electron chi connectivity index (χ0n) is 10.6. The van der Waals surface area contributed by atoms with Crippen LogP contribution in [0.2, 0.25) is 0 Å². The number of rotatable bonds is 12. The van der Waals surface area contributed by atoms with Gasteiger partial charge < -0.3 is 10.2 Å². The highest BCUT2D eigenvalue weighted by molar-refractivity contribution is 8.90. The van der Waals surface area contributed by atoms with E-state index >= 15 is 0 Å². The van der Waals surface area contributed by atoms with Gasteiger partial charge in [0.1, 0.15) is 0 Å². The van der Waals surface area contributed by atoms with Crippen LogP contribution in [0.4, 0.5) is 0 Å². The number of hydrogen-bond donors (Lipinski definition) is 2. The third kappa shape index (κ3) is 8.58. The first-order valence-corrected chi connectivity index (χ1v) is 10.1. The van der Waals surface area contributed by atoms with E-state index in [9.17, 15) is 0 Å². The van der Waals surface area contributed by atoms with E-state index in [2.05, 4.69) is 13.8 Å². The molecule has 0 amide bonds. The summed E-state index contributed by atoms with van der Waals surface area (Å²) in [6.45, 7) is 5.33. The van der Waals surface area contributed by atoms with Gasteiger partial charge in [0.05, 0.1) is 26.4 Å². The van der Waals surface area contributed by atoms with Crippen molar-refractivity contribution in [2.45, 2.75) is 13.8 Å². The van der Waals surface area contributed by atoms with E-state index in [0.717, 1.165) is 23.0 Å². The number of aliphatic hydroxyl groups excluding tert-OH is 2. The highest BCUT2D eigenvalue weighted by Gasteiger charge is 2.19. The second-order valence-corrected chi connectivity index (χ2v) is 9.39. The summed E-state index contributed by atoms with van der Waals surface area (Å²) in [7, 11) is 0.144. The molecule has 0 radical (unpaired) electrons. The Morgan fingerprint density at radius 2 is 1.71 bits per heavy atom. The molecule has 1 atom stereocenters. The van der Waals surface area contributed by atoms with Crippen LogP contribution in [-0.4, -0.2) is 59.7 Å². The van der Waals surface area contributed by atoms with Gasteiger partial charge in [-0.15, -0.1) is 9.62 Å². The summed E-state index contributed by atoms with van der Waals surface area (Å²) in [5, 5.41) is 17.5. The standard InChI is InChI=1S/C10H24O4S3/c1-3-16-17(4-2,13-7-5-11)14-8-10-15-9-6-12/h11-12H,3-10H2,1-2H3. The molecule has 0 spiro atoms. The molecule has 1 unspecified atom stereocenters. The Balaban J connectivity index is 3.97. The third-order valence-electron chi connectivity index (χ3n) is 1.73. The van der Waals surface area contributed by atoms with Crippen molar-refractivity contribution in [3.8, 4) is 0 Å². The highest BCUT2D eigenvalue weighted by atomic mass is 33.2. The SMILES string of the molecule is CCSS(CC)(OCCO)OCCSCCO. The lowest BCUT2D eigenvalue weighted by molar-refractivity contribution is 0.198. The van der Waals surface area contributed by atoms with Gasteiger partial charge in [-0.2, -0.15) is 11.8 Å². The van der Waals surface area contributed by atoms with Gasteiger partial charge in [0.2, 0.25) is 0 Å². The fourth-order valence-corrected chi connectivity index (χ4v) is 5.85. The second-order valence-electron chi connectivity index (χ2n) is 2.96. The molecule has 0 fully saturated rings. The first-order valence-electron chi connectivity index (χ1n) is 5.78. The zero-order valence-corrected chi connectivity index (χ0v) is 13.0.